The third kappa shape index (κ3) is 3.18. The number of ether oxygens (including phenoxy) is 1. The molecule has 0 aliphatic heterocycles. The zero-order valence-corrected chi connectivity index (χ0v) is 11.8. The molecule has 0 fully saturated rings. The van der Waals surface area contributed by atoms with E-state index in [1.807, 2.05) is 42.8 Å². The van der Waals surface area contributed by atoms with Crippen LogP contribution in [0.3, 0.4) is 0 Å². The summed E-state index contributed by atoms with van der Waals surface area (Å²) in [6, 6.07) is 9.47. The summed E-state index contributed by atoms with van der Waals surface area (Å²) in [5, 5.41) is 0. The highest BCUT2D eigenvalue weighted by Gasteiger charge is 2.06. The molecule has 2 aromatic rings. The minimum absolute atomic E-state index is 0.137. The Bertz CT molecular complexity index is 634. The number of pyridine rings is 1. The standard InChI is InChI=1S/C15H16ClNO2/c1-11-5-3-4-6-12(11)10-19-15-9-17(2)13(8-16)7-14(15)18/h3-7,9H,8,10H2,1-2H3. The fraction of sp³-hybridized carbons (Fsp3) is 0.267. The zero-order chi connectivity index (χ0) is 13.8. The number of nitrogens with zero attached hydrogens (tertiary/aromatic N) is 1. The van der Waals surface area contributed by atoms with Crippen LogP contribution in [0, 0.1) is 6.92 Å². The van der Waals surface area contributed by atoms with E-state index < -0.39 is 0 Å². The maximum atomic E-state index is 11.9. The maximum absolute atomic E-state index is 11.9. The highest BCUT2D eigenvalue weighted by atomic mass is 35.5. The van der Waals surface area contributed by atoms with Crippen molar-refractivity contribution in [3.63, 3.8) is 0 Å². The van der Waals surface area contributed by atoms with Crippen LogP contribution >= 0.6 is 11.6 Å². The van der Waals surface area contributed by atoms with E-state index in [1.54, 1.807) is 6.20 Å². The van der Waals surface area contributed by atoms with Crippen molar-refractivity contribution in [3.8, 4) is 5.75 Å². The summed E-state index contributed by atoms with van der Waals surface area (Å²) in [5.74, 6) is 0.656. The van der Waals surface area contributed by atoms with Crippen molar-refractivity contribution >= 4 is 11.6 Å². The molecule has 0 bridgehead atoms. The molecule has 100 valence electrons. The SMILES string of the molecule is Cc1ccccc1COc1cn(C)c(CCl)cc1=O. The van der Waals surface area contributed by atoms with Crippen molar-refractivity contribution in [1.82, 2.24) is 4.57 Å². The van der Waals surface area contributed by atoms with Crippen molar-refractivity contribution in [2.24, 2.45) is 7.05 Å². The molecule has 0 N–H and O–H groups in total. The predicted octanol–water partition coefficient (Wildman–Crippen LogP) is 3.01. The van der Waals surface area contributed by atoms with Gasteiger partial charge in [0.05, 0.1) is 12.1 Å². The molecule has 0 amide bonds. The molecule has 1 aromatic carbocycles. The summed E-state index contributed by atoms with van der Waals surface area (Å²) < 4.78 is 7.41. The van der Waals surface area contributed by atoms with Crippen molar-refractivity contribution in [2.45, 2.75) is 19.4 Å². The van der Waals surface area contributed by atoms with E-state index >= 15 is 0 Å². The molecule has 4 heteroatoms. The highest BCUT2D eigenvalue weighted by Crippen LogP contribution is 2.12. The zero-order valence-electron chi connectivity index (χ0n) is 11.0. The van der Waals surface area contributed by atoms with Gasteiger partial charge in [-0.05, 0) is 18.1 Å². The van der Waals surface area contributed by atoms with Crippen molar-refractivity contribution in [3.05, 3.63) is 63.6 Å². The first-order chi connectivity index (χ1) is 9.11. The van der Waals surface area contributed by atoms with Gasteiger partial charge in [-0.1, -0.05) is 24.3 Å². The number of halogens is 1. The molecular formula is C15H16ClNO2. The largest absolute Gasteiger partial charge is 0.483 e. The smallest absolute Gasteiger partial charge is 0.223 e. The third-order valence-corrected chi connectivity index (χ3v) is 3.36. The lowest BCUT2D eigenvalue weighted by molar-refractivity contribution is 0.299. The molecule has 2 rings (SSSR count). The summed E-state index contributed by atoms with van der Waals surface area (Å²) in [7, 11) is 1.85. The molecule has 0 radical (unpaired) electrons. The van der Waals surface area contributed by atoms with Gasteiger partial charge in [0.1, 0.15) is 6.61 Å². The van der Waals surface area contributed by atoms with Crippen LogP contribution in [0.1, 0.15) is 16.8 Å². The predicted molar refractivity (Wildman–Crippen MR) is 76.8 cm³/mol. The van der Waals surface area contributed by atoms with Crippen molar-refractivity contribution < 1.29 is 4.74 Å². The second kappa shape index (κ2) is 5.93. The number of alkyl halides is 1. The van der Waals surface area contributed by atoms with E-state index in [4.69, 9.17) is 16.3 Å². The second-order valence-electron chi connectivity index (χ2n) is 4.45. The van der Waals surface area contributed by atoms with Gasteiger partial charge in [0.25, 0.3) is 0 Å². The lowest BCUT2D eigenvalue weighted by Crippen LogP contribution is -2.13. The average Bonchev–Trinajstić information content (AvgIpc) is 2.41. The Morgan fingerprint density at radius 2 is 2.05 bits per heavy atom. The van der Waals surface area contributed by atoms with Crippen LogP contribution in [0.15, 0.2) is 41.3 Å². The molecule has 0 aliphatic rings. The van der Waals surface area contributed by atoms with E-state index in [1.165, 1.54) is 6.07 Å². The van der Waals surface area contributed by atoms with Crippen LogP contribution in [0.25, 0.3) is 0 Å². The molecule has 0 saturated carbocycles. The van der Waals surface area contributed by atoms with E-state index in [0.717, 1.165) is 16.8 Å². The van der Waals surface area contributed by atoms with Gasteiger partial charge in [0.15, 0.2) is 5.75 Å². The first-order valence-corrected chi connectivity index (χ1v) is 6.58. The fourth-order valence-electron chi connectivity index (χ4n) is 1.82. The number of aromatic nitrogens is 1. The monoisotopic (exact) mass is 277 g/mol. The van der Waals surface area contributed by atoms with E-state index in [2.05, 4.69) is 0 Å². The minimum Gasteiger partial charge on any atom is -0.483 e. The fourth-order valence-corrected chi connectivity index (χ4v) is 2.08. The van der Waals surface area contributed by atoms with Gasteiger partial charge in [0.2, 0.25) is 5.43 Å². The first-order valence-electron chi connectivity index (χ1n) is 6.04. The Hall–Kier alpha value is -1.74. The molecule has 0 atom stereocenters. The van der Waals surface area contributed by atoms with Gasteiger partial charge in [-0.3, -0.25) is 4.79 Å². The number of hydrogen-bond donors (Lipinski definition) is 0. The van der Waals surface area contributed by atoms with Gasteiger partial charge < -0.3 is 9.30 Å². The average molecular weight is 278 g/mol. The summed E-state index contributed by atoms with van der Waals surface area (Å²) in [4.78, 5) is 11.9. The number of aryl methyl sites for hydroxylation is 2. The lowest BCUT2D eigenvalue weighted by atomic mass is 10.1. The summed E-state index contributed by atoms with van der Waals surface area (Å²) in [6.45, 7) is 2.41. The Morgan fingerprint density at radius 1 is 1.32 bits per heavy atom. The molecule has 0 saturated heterocycles. The molecule has 3 nitrogen and oxygen atoms in total. The molecular weight excluding hydrogens is 262 g/mol. The molecule has 1 aromatic heterocycles. The van der Waals surface area contributed by atoms with E-state index in [-0.39, 0.29) is 5.43 Å². The summed E-state index contributed by atoms with van der Waals surface area (Å²) in [6.07, 6.45) is 1.68. The third-order valence-electron chi connectivity index (χ3n) is 3.09. The number of rotatable bonds is 4. The molecule has 0 spiro atoms. The minimum atomic E-state index is -0.137. The molecule has 1 heterocycles. The van der Waals surface area contributed by atoms with Crippen LogP contribution < -0.4 is 10.2 Å². The Morgan fingerprint density at radius 3 is 2.74 bits per heavy atom. The second-order valence-corrected chi connectivity index (χ2v) is 4.72. The van der Waals surface area contributed by atoms with E-state index in [9.17, 15) is 4.79 Å². The van der Waals surface area contributed by atoms with Crippen molar-refractivity contribution in [2.75, 3.05) is 0 Å². The van der Waals surface area contributed by atoms with Crippen LogP contribution in [0.2, 0.25) is 0 Å². The van der Waals surface area contributed by atoms with Crippen LogP contribution in [0.5, 0.6) is 5.75 Å². The lowest BCUT2D eigenvalue weighted by Gasteiger charge is -2.11. The van der Waals surface area contributed by atoms with E-state index in [0.29, 0.717) is 18.2 Å². The van der Waals surface area contributed by atoms with Gasteiger partial charge in [-0.2, -0.15) is 0 Å². The molecule has 19 heavy (non-hydrogen) atoms. The summed E-state index contributed by atoms with van der Waals surface area (Å²) >= 11 is 5.75. The number of hydrogen-bond acceptors (Lipinski definition) is 2. The molecule has 0 aliphatic carbocycles. The normalized spacial score (nSPS) is 10.5. The molecule has 0 unspecified atom stereocenters. The van der Waals surface area contributed by atoms with Crippen molar-refractivity contribution in [1.29, 1.82) is 0 Å². The first kappa shape index (κ1) is 13.7. The van der Waals surface area contributed by atoms with Gasteiger partial charge >= 0.3 is 0 Å². The van der Waals surface area contributed by atoms with Gasteiger partial charge in [-0.15, -0.1) is 11.6 Å². The van der Waals surface area contributed by atoms with Gasteiger partial charge in [-0.25, -0.2) is 0 Å². The quantitative estimate of drug-likeness (QED) is 0.805. The van der Waals surface area contributed by atoms with Crippen LogP contribution in [-0.2, 0) is 19.5 Å². The Labute approximate surface area is 117 Å². The van der Waals surface area contributed by atoms with Crippen LogP contribution in [-0.4, -0.2) is 4.57 Å². The summed E-state index contributed by atoms with van der Waals surface area (Å²) in [5.41, 5.74) is 2.86. The van der Waals surface area contributed by atoms with Crippen LogP contribution in [0.4, 0.5) is 0 Å². The van der Waals surface area contributed by atoms with Gasteiger partial charge in [0, 0.05) is 18.8 Å². The topological polar surface area (TPSA) is 31.2 Å². The maximum Gasteiger partial charge on any atom is 0.223 e. The Balaban J connectivity index is 2.19. The highest BCUT2D eigenvalue weighted by molar-refractivity contribution is 6.16. The number of benzene rings is 1. The Kier molecular flexibility index (Phi) is 4.27.